The second-order valence-electron chi connectivity index (χ2n) is 9.26. The van der Waals surface area contributed by atoms with Crippen LogP contribution in [0.4, 0.5) is 11.5 Å². The Kier molecular flexibility index (Phi) is 5.88. The molecule has 8 nitrogen and oxygen atoms in total. The van der Waals surface area contributed by atoms with Gasteiger partial charge in [-0.3, -0.25) is 19.3 Å². The van der Waals surface area contributed by atoms with Crippen LogP contribution in [0.1, 0.15) is 54.6 Å². The standard InChI is InChI=1S/C27H29N5O3/c1-3-19-8-10-20(11-9-19)18-31-23(13-16-28-31)29-24(33)14-17-30-26(35)21-6-4-5-7-22(21)32-25(34)12-15-27(30,32)2/h4-11,13,16H,3,12,14-15,17-18H2,1-2H3,(H,29,33). The van der Waals surface area contributed by atoms with Gasteiger partial charge in [0.2, 0.25) is 11.8 Å². The number of fused-ring (bicyclic) bond motifs is 3. The molecule has 3 amide bonds. The van der Waals surface area contributed by atoms with Crippen molar-refractivity contribution in [3.05, 3.63) is 77.5 Å². The lowest BCUT2D eigenvalue weighted by Gasteiger charge is -2.48. The minimum absolute atomic E-state index is 0.00206. The molecule has 1 atom stereocenters. The molecule has 35 heavy (non-hydrogen) atoms. The number of rotatable bonds is 7. The summed E-state index contributed by atoms with van der Waals surface area (Å²) in [6, 6.07) is 17.3. The summed E-state index contributed by atoms with van der Waals surface area (Å²) in [5.41, 5.74) is 2.74. The van der Waals surface area contributed by atoms with Crippen molar-refractivity contribution < 1.29 is 14.4 Å². The lowest BCUT2D eigenvalue weighted by molar-refractivity contribution is -0.117. The quantitative estimate of drug-likeness (QED) is 0.568. The van der Waals surface area contributed by atoms with E-state index in [9.17, 15) is 14.4 Å². The number of hydrogen-bond donors (Lipinski definition) is 1. The Morgan fingerprint density at radius 1 is 1.06 bits per heavy atom. The van der Waals surface area contributed by atoms with Crippen LogP contribution >= 0.6 is 0 Å². The molecule has 1 fully saturated rings. The number of para-hydroxylation sites is 1. The maximum Gasteiger partial charge on any atom is 0.257 e. The van der Waals surface area contributed by atoms with E-state index >= 15 is 0 Å². The molecule has 3 heterocycles. The third-order valence-corrected chi connectivity index (χ3v) is 7.06. The SMILES string of the molecule is CCc1ccc(Cn2nccc2NC(=O)CCN2C(=O)c3ccccc3N3C(=O)CCC23C)cc1. The van der Waals surface area contributed by atoms with Crippen LogP contribution in [0.3, 0.4) is 0 Å². The largest absolute Gasteiger partial charge is 0.315 e. The minimum atomic E-state index is -0.769. The predicted molar refractivity (Wildman–Crippen MR) is 133 cm³/mol. The number of amides is 3. The maximum atomic E-state index is 13.3. The fourth-order valence-electron chi connectivity index (χ4n) is 5.08. The highest BCUT2D eigenvalue weighted by molar-refractivity contribution is 6.10. The zero-order valence-corrected chi connectivity index (χ0v) is 20.0. The van der Waals surface area contributed by atoms with Crippen LogP contribution < -0.4 is 10.2 Å². The molecule has 0 spiro atoms. The van der Waals surface area contributed by atoms with Gasteiger partial charge in [-0.1, -0.05) is 43.3 Å². The number of nitrogens with zero attached hydrogens (tertiary/aromatic N) is 4. The van der Waals surface area contributed by atoms with Crippen LogP contribution in [0.5, 0.6) is 0 Å². The highest BCUT2D eigenvalue weighted by Crippen LogP contribution is 2.43. The summed E-state index contributed by atoms with van der Waals surface area (Å²) >= 11 is 0. The molecular formula is C27H29N5O3. The van der Waals surface area contributed by atoms with E-state index < -0.39 is 5.66 Å². The van der Waals surface area contributed by atoms with Crippen LogP contribution in [0.2, 0.25) is 0 Å². The summed E-state index contributed by atoms with van der Waals surface area (Å²) in [4.78, 5) is 42.3. The van der Waals surface area contributed by atoms with Gasteiger partial charge in [-0.15, -0.1) is 0 Å². The van der Waals surface area contributed by atoms with E-state index in [-0.39, 0.29) is 30.7 Å². The first-order valence-corrected chi connectivity index (χ1v) is 12.0. The topological polar surface area (TPSA) is 87.5 Å². The van der Waals surface area contributed by atoms with Crippen molar-refractivity contribution in [3.8, 4) is 0 Å². The van der Waals surface area contributed by atoms with Crippen molar-refractivity contribution in [2.45, 2.75) is 51.7 Å². The Morgan fingerprint density at radius 2 is 1.80 bits per heavy atom. The van der Waals surface area contributed by atoms with Crippen molar-refractivity contribution in [2.24, 2.45) is 0 Å². The summed E-state index contributed by atoms with van der Waals surface area (Å²) in [5, 5.41) is 7.28. The Labute approximate surface area is 204 Å². The number of hydrogen-bond acceptors (Lipinski definition) is 4. The zero-order valence-electron chi connectivity index (χ0n) is 20.0. The molecule has 8 heteroatoms. The molecule has 0 aliphatic carbocycles. The molecule has 2 aromatic carbocycles. The van der Waals surface area contributed by atoms with E-state index in [0.717, 1.165) is 12.0 Å². The van der Waals surface area contributed by atoms with E-state index in [1.54, 1.807) is 38.9 Å². The van der Waals surface area contributed by atoms with Crippen molar-refractivity contribution in [1.29, 1.82) is 0 Å². The van der Waals surface area contributed by atoms with E-state index in [1.807, 2.05) is 19.1 Å². The molecule has 2 aliphatic heterocycles. The first kappa shape index (κ1) is 22.8. The number of aromatic nitrogens is 2. The lowest BCUT2D eigenvalue weighted by atomic mass is 9.98. The van der Waals surface area contributed by atoms with Crippen LogP contribution in [-0.4, -0.2) is 44.6 Å². The molecule has 5 rings (SSSR count). The van der Waals surface area contributed by atoms with Crippen LogP contribution in [0.25, 0.3) is 0 Å². The number of aryl methyl sites for hydroxylation is 1. The van der Waals surface area contributed by atoms with Gasteiger partial charge >= 0.3 is 0 Å². The molecule has 0 bridgehead atoms. The van der Waals surface area contributed by atoms with Crippen molar-refractivity contribution in [2.75, 3.05) is 16.8 Å². The first-order valence-electron chi connectivity index (χ1n) is 12.0. The van der Waals surface area contributed by atoms with Crippen LogP contribution in [-0.2, 0) is 22.6 Å². The molecular weight excluding hydrogens is 442 g/mol. The van der Waals surface area contributed by atoms with Gasteiger partial charge < -0.3 is 10.2 Å². The average Bonchev–Trinajstić information content (AvgIpc) is 3.42. The molecule has 1 N–H and O–H groups in total. The average molecular weight is 472 g/mol. The van der Waals surface area contributed by atoms with E-state index in [2.05, 4.69) is 41.6 Å². The Hall–Kier alpha value is -3.94. The molecule has 180 valence electrons. The van der Waals surface area contributed by atoms with Gasteiger partial charge in [0.15, 0.2) is 0 Å². The first-order chi connectivity index (χ1) is 16.9. The zero-order chi connectivity index (χ0) is 24.6. The van der Waals surface area contributed by atoms with Crippen LogP contribution in [0, 0.1) is 0 Å². The third kappa shape index (κ3) is 4.09. The summed E-state index contributed by atoms with van der Waals surface area (Å²) in [5.74, 6) is 0.244. The Morgan fingerprint density at radius 3 is 2.57 bits per heavy atom. The normalized spacial score (nSPS) is 19.0. The van der Waals surface area contributed by atoms with E-state index in [1.165, 1.54) is 5.56 Å². The van der Waals surface area contributed by atoms with Crippen molar-refractivity contribution >= 4 is 29.2 Å². The number of carbonyl (C=O) groups excluding carboxylic acids is 3. The maximum absolute atomic E-state index is 13.3. The Bertz CT molecular complexity index is 1280. The van der Waals surface area contributed by atoms with Gasteiger partial charge in [-0.05, 0) is 43.0 Å². The minimum Gasteiger partial charge on any atom is -0.315 e. The highest BCUT2D eigenvalue weighted by atomic mass is 16.2. The van der Waals surface area contributed by atoms with E-state index in [0.29, 0.717) is 36.5 Å². The molecule has 3 aromatic rings. The Balaban J connectivity index is 1.28. The summed E-state index contributed by atoms with van der Waals surface area (Å²) in [6.07, 6.45) is 3.67. The predicted octanol–water partition coefficient (Wildman–Crippen LogP) is 3.82. The molecule has 2 aliphatic rings. The number of benzene rings is 2. The van der Waals surface area contributed by atoms with Gasteiger partial charge in [-0.2, -0.15) is 5.10 Å². The monoisotopic (exact) mass is 471 g/mol. The van der Waals surface area contributed by atoms with Gasteiger partial charge in [0, 0.05) is 25.5 Å². The van der Waals surface area contributed by atoms with Crippen LogP contribution in [0.15, 0.2) is 60.8 Å². The molecule has 1 unspecified atom stereocenters. The van der Waals surface area contributed by atoms with Gasteiger partial charge in [0.05, 0.1) is 24.0 Å². The number of nitrogens with one attached hydrogen (secondary N) is 1. The van der Waals surface area contributed by atoms with Gasteiger partial charge in [0.25, 0.3) is 5.91 Å². The summed E-state index contributed by atoms with van der Waals surface area (Å²) in [6.45, 7) is 4.78. The van der Waals surface area contributed by atoms with Crippen molar-refractivity contribution in [3.63, 3.8) is 0 Å². The molecule has 0 saturated carbocycles. The summed E-state index contributed by atoms with van der Waals surface area (Å²) in [7, 11) is 0. The smallest absolute Gasteiger partial charge is 0.257 e. The highest BCUT2D eigenvalue weighted by Gasteiger charge is 2.52. The molecule has 0 radical (unpaired) electrons. The fraction of sp³-hybridized carbons (Fsp3) is 0.333. The van der Waals surface area contributed by atoms with E-state index in [4.69, 9.17) is 0 Å². The molecule has 1 aromatic heterocycles. The second-order valence-corrected chi connectivity index (χ2v) is 9.26. The fourth-order valence-corrected chi connectivity index (χ4v) is 5.08. The van der Waals surface area contributed by atoms with Gasteiger partial charge in [0.1, 0.15) is 11.5 Å². The van der Waals surface area contributed by atoms with Crippen molar-refractivity contribution in [1.82, 2.24) is 14.7 Å². The summed E-state index contributed by atoms with van der Waals surface area (Å²) < 4.78 is 1.75. The lowest BCUT2D eigenvalue weighted by Crippen LogP contribution is -2.62. The second kappa shape index (κ2) is 9.02. The number of carbonyl (C=O) groups is 3. The molecule has 1 saturated heterocycles. The third-order valence-electron chi connectivity index (χ3n) is 7.06. The number of anilines is 2. The van der Waals surface area contributed by atoms with Gasteiger partial charge in [-0.25, -0.2) is 4.68 Å².